The van der Waals surface area contributed by atoms with Crippen LogP contribution in [-0.2, 0) is 11.3 Å². The molecule has 2 rings (SSSR count). The van der Waals surface area contributed by atoms with E-state index in [9.17, 15) is 14.7 Å². The van der Waals surface area contributed by atoms with Crippen molar-refractivity contribution < 1.29 is 19.5 Å². The Balaban J connectivity index is 2.43. The van der Waals surface area contributed by atoms with Gasteiger partial charge in [0, 0.05) is 18.7 Å². The van der Waals surface area contributed by atoms with Gasteiger partial charge in [-0.3, -0.25) is 4.79 Å². The lowest BCUT2D eigenvalue weighted by molar-refractivity contribution is -0.103. The summed E-state index contributed by atoms with van der Waals surface area (Å²) in [7, 11) is 0. The minimum Gasteiger partial charge on any atom is -0.507 e. The quantitative estimate of drug-likeness (QED) is 0.616. The van der Waals surface area contributed by atoms with Gasteiger partial charge in [-0.05, 0) is 44.0 Å². The molecule has 25 heavy (non-hydrogen) atoms. The van der Waals surface area contributed by atoms with Gasteiger partial charge in [-0.1, -0.05) is 31.2 Å². The maximum absolute atomic E-state index is 12.8. The van der Waals surface area contributed by atoms with Gasteiger partial charge in [-0.2, -0.15) is 0 Å². The topological polar surface area (TPSA) is 66.8 Å². The zero-order chi connectivity index (χ0) is 18.4. The minimum absolute atomic E-state index is 0.0781. The molecule has 0 saturated carbocycles. The van der Waals surface area contributed by atoms with Gasteiger partial charge in [0.1, 0.15) is 5.75 Å². The first kappa shape index (κ1) is 18.7. The number of carbonyl (C=O) groups is 2. The number of para-hydroxylation sites is 1. The summed E-state index contributed by atoms with van der Waals surface area (Å²) in [6, 6.07) is 11.4. The monoisotopic (exact) mass is 341 g/mol. The fourth-order valence-corrected chi connectivity index (χ4v) is 2.70. The van der Waals surface area contributed by atoms with Crippen molar-refractivity contribution in [1.82, 2.24) is 5.06 Å². The third-order valence-electron chi connectivity index (χ3n) is 4.06. The SMILES string of the molecule is CCc1c(C(=O)ON(CC)CC)cccc1C(=O)c1ccccc1O. The van der Waals surface area contributed by atoms with E-state index in [-0.39, 0.29) is 17.1 Å². The molecule has 132 valence electrons. The van der Waals surface area contributed by atoms with Crippen LogP contribution in [0.3, 0.4) is 0 Å². The van der Waals surface area contributed by atoms with E-state index in [4.69, 9.17) is 4.84 Å². The van der Waals surface area contributed by atoms with Crippen LogP contribution >= 0.6 is 0 Å². The Morgan fingerprint density at radius 1 is 0.920 bits per heavy atom. The Morgan fingerprint density at radius 3 is 2.12 bits per heavy atom. The van der Waals surface area contributed by atoms with Crippen molar-refractivity contribution in [1.29, 1.82) is 0 Å². The summed E-state index contributed by atoms with van der Waals surface area (Å²) in [5, 5.41) is 11.5. The van der Waals surface area contributed by atoms with E-state index in [0.29, 0.717) is 36.2 Å². The van der Waals surface area contributed by atoms with Crippen molar-refractivity contribution in [3.05, 3.63) is 64.7 Å². The molecule has 0 saturated heterocycles. The van der Waals surface area contributed by atoms with Crippen LogP contribution < -0.4 is 0 Å². The molecule has 0 spiro atoms. The van der Waals surface area contributed by atoms with Crippen LogP contribution in [-0.4, -0.2) is 35.0 Å². The van der Waals surface area contributed by atoms with Crippen molar-refractivity contribution in [2.24, 2.45) is 0 Å². The minimum atomic E-state index is -0.479. The molecule has 2 aromatic rings. The van der Waals surface area contributed by atoms with Crippen molar-refractivity contribution in [2.45, 2.75) is 27.2 Å². The van der Waals surface area contributed by atoms with E-state index in [1.54, 1.807) is 41.5 Å². The van der Waals surface area contributed by atoms with Gasteiger partial charge < -0.3 is 9.94 Å². The molecule has 0 amide bonds. The normalized spacial score (nSPS) is 10.7. The highest BCUT2D eigenvalue weighted by Crippen LogP contribution is 2.24. The number of aromatic hydroxyl groups is 1. The summed E-state index contributed by atoms with van der Waals surface area (Å²) in [6.45, 7) is 6.84. The second-order valence-electron chi connectivity index (χ2n) is 5.52. The number of hydroxylamine groups is 2. The van der Waals surface area contributed by atoms with Crippen molar-refractivity contribution in [3.8, 4) is 5.75 Å². The molecule has 0 atom stereocenters. The molecule has 0 aromatic heterocycles. The highest BCUT2D eigenvalue weighted by Gasteiger charge is 2.22. The summed E-state index contributed by atoms with van der Waals surface area (Å²) in [5.41, 5.74) is 1.60. The molecular weight excluding hydrogens is 318 g/mol. The number of phenols is 1. The first-order valence-corrected chi connectivity index (χ1v) is 8.45. The summed E-state index contributed by atoms with van der Waals surface area (Å²) in [6.07, 6.45) is 0.498. The fraction of sp³-hybridized carbons (Fsp3) is 0.300. The number of hydrogen-bond acceptors (Lipinski definition) is 5. The molecule has 0 unspecified atom stereocenters. The number of phenolic OH excluding ortho intramolecular Hbond substituents is 1. The van der Waals surface area contributed by atoms with E-state index in [2.05, 4.69) is 0 Å². The predicted octanol–water partition coefficient (Wildman–Crippen LogP) is 3.60. The van der Waals surface area contributed by atoms with Gasteiger partial charge in [0.25, 0.3) is 0 Å². The number of carbonyl (C=O) groups excluding carboxylic acids is 2. The van der Waals surface area contributed by atoms with E-state index in [1.165, 1.54) is 6.07 Å². The number of benzene rings is 2. The Hall–Kier alpha value is -2.66. The average Bonchev–Trinajstić information content (AvgIpc) is 2.65. The lowest BCUT2D eigenvalue weighted by Crippen LogP contribution is -2.27. The van der Waals surface area contributed by atoms with Crippen molar-refractivity contribution in [2.75, 3.05) is 13.1 Å². The van der Waals surface area contributed by atoms with Gasteiger partial charge in [-0.25, -0.2) is 4.79 Å². The second-order valence-corrected chi connectivity index (χ2v) is 5.52. The first-order valence-electron chi connectivity index (χ1n) is 8.45. The third-order valence-corrected chi connectivity index (χ3v) is 4.06. The van der Waals surface area contributed by atoms with Crippen LogP contribution in [0.4, 0.5) is 0 Å². The molecule has 0 aliphatic rings. The highest BCUT2D eigenvalue weighted by molar-refractivity contribution is 6.12. The van der Waals surface area contributed by atoms with E-state index in [0.717, 1.165) is 0 Å². The van der Waals surface area contributed by atoms with E-state index < -0.39 is 5.97 Å². The number of ketones is 1. The zero-order valence-corrected chi connectivity index (χ0v) is 14.8. The predicted molar refractivity (Wildman–Crippen MR) is 95.7 cm³/mol. The molecule has 2 aromatic carbocycles. The fourth-order valence-electron chi connectivity index (χ4n) is 2.70. The first-order chi connectivity index (χ1) is 12.0. The molecule has 0 aliphatic carbocycles. The molecule has 5 heteroatoms. The zero-order valence-electron chi connectivity index (χ0n) is 14.8. The number of rotatable bonds is 7. The molecule has 0 heterocycles. The maximum Gasteiger partial charge on any atom is 0.357 e. The molecule has 0 radical (unpaired) electrons. The van der Waals surface area contributed by atoms with Gasteiger partial charge in [0.2, 0.25) is 0 Å². The molecule has 1 N–H and O–H groups in total. The van der Waals surface area contributed by atoms with E-state index >= 15 is 0 Å². The Labute approximate surface area is 147 Å². The van der Waals surface area contributed by atoms with Crippen LogP contribution in [0.15, 0.2) is 42.5 Å². The van der Waals surface area contributed by atoms with Crippen LogP contribution in [0.2, 0.25) is 0 Å². The standard InChI is InChI=1S/C20H23NO4/c1-4-14-15(19(23)17-10-7-8-13-18(17)22)11-9-12-16(14)20(24)25-21(5-2)6-3/h7-13,22H,4-6H2,1-3H3. The molecule has 0 aliphatic heterocycles. The average molecular weight is 341 g/mol. The number of nitrogens with zero attached hydrogens (tertiary/aromatic N) is 1. The Morgan fingerprint density at radius 2 is 1.52 bits per heavy atom. The van der Waals surface area contributed by atoms with Gasteiger partial charge in [0.15, 0.2) is 5.78 Å². The molecular formula is C20H23NO4. The molecule has 5 nitrogen and oxygen atoms in total. The Bertz CT molecular complexity index is 766. The van der Waals surface area contributed by atoms with Crippen LogP contribution in [0.25, 0.3) is 0 Å². The van der Waals surface area contributed by atoms with Crippen LogP contribution in [0.1, 0.15) is 52.6 Å². The van der Waals surface area contributed by atoms with Crippen LogP contribution in [0, 0.1) is 0 Å². The van der Waals surface area contributed by atoms with Crippen LogP contribution in [0.5, 0.6) is 5.75 Å². The lowest BCUT2D eigenvalue weighted by Gasteiger charge is -2.19. The maximum atomic E-state index is 12.8. The van der Waals surface area contributed by atoms with Crippen molar-refractivity contribution >= 4 is 11.8 Å². The smallest absolute Gasteiger partial charge is 0.357 e. The summed E-state index contributed by atoms with van der Waals surface area (Å²) < 4.78 is 0. The Kier molecular flexibility index (Phi) is 6.31. The lowest BCUT2D eigenvalue weighted by atomic mass is 9.93. The third kappa shape index (κ3) is 4.06. The number of hydrogen-bond donors (Lipinski definition) is 1. The summed E-state index contributed by atoms with van der Waals surface area (Å²) in [5.74, 6) is -0.870. The van der Waals surface area contributed by atoms with Gasteiger partial charge in [0.05, 0.1) is 11.1 Å². The van der Waals surface area contributed by atoms with Gasteiger partial charge in [-0.15, -0.1) is 5.06 Å². The van der Waals surface area contributed by atoms with Gasteiger partial charge >= 0.3 is 5.97 Å². The summed E-state index contributed by atoms with van der Waals surface area (Å²) >= 11 is 0. The largest absolute Gasteiger partial charge is 0.507 e. The highest BCUT2D eigenvalue weighted by atomic mass is 16.7. The van der Waals surface area contributed by atoms with E-state index in [1.807, 2.05) is 20.8 Å². The second kappa shape index (κ2) is 8.44. The van der Waals surface area contributed by atoms with Crippen molar-refractivity contribution in [3.63, 3.8) is 0 Å². The molecule has 0 bridgehead atoms. The summed E-state index contributed by atoms with van der Waals surface area (Å²) in [4.78, 5) is 30.7. The molecule has 0 fully saturated rings.